The van der Waals surface area contributed by atoms with Gasteiger partial charge in [0.2, 0.25) is 0 Å². The molecule has 8 nitrogen and oxygen atoms in total. The van der Waals surface area contributed by atoms with E-state index in [1.807, 2.05) is 36.4 Å². The quantitative estimate of drug-likeness (QED) is 0.314. The summed E-state index contributed by atoms with van der Waals surface area (Å²) in [5, 5.41) is 11.5. The first kappa shape index (κ1) is 25.0. The van der Waals surface area contributed by atoms with E-state index in [0.717, 1.165) is 17.5 Å². The lowest BCUT2D eigenvalue weighted by Crippen LogP contribution is -2.42. The van der Waals surface area contributed by atoms with Gasteiger partial charge in [-0.3, -0.25) is 14.9 Å². The topological polar surface area (TPSA) is 91.1 Å². The van der Waals surface area contributed by atoms with E-state index >= 15 is 0 Å². The molecule has 1 heterocycles. The molecule has 0 radical (unpaired) electrons. The second-order valence-electron chi connectivity index (χ2n) is 8.69. The molecular formula is C28H30N2O6. The van der Waals surface area contributed by atoms with Gasteiger partial charge in [0, 0.05) is 23.7 Å². The number of nitro benzene ring substituents is 1. The van der Waals surface area contributed by atoms with Crippen molar-refractivity contribution in [2.75, 3.05) is 27.4 Å². The zero-order chi connectivity index (χ0) is 25.8. The average molecular weight is 491 g/mol. The molecule has 1 aliphatic heterocycles. The second kappa shape index (κ2) is 10.7. The van der Waals surface area contributed by atoms with Crippen LogP contribution in [0.1, 0.15) is 45.6 Å². The normalized spacial score (nSPS) is 14.7. The molecule has 36 heavy (non-hydrogen) atoms. The summed E-state index contributed by atoms with van der Waals surface area (Å²) in [6.45, 7) is 4.35. The van der Waals surface area contributed by atoms with Crippen LogP contribution in [-0.4, -0.2) is 43.1 Å². The highest BCUT2D eigenvalue weighted by molar-refractivity contribution is 5.97. The fourth-order valence-corrected chi connectivity index (χ4v) is 4.66. The minimum atomic E-state index is -0.463. The molecule has 0 aliphatic carbocycles. The summed E-state index contributed by atoms with van der Waals surface area (Å²) < 4.78 is 17.2. The zero-order valence-corrected chi connectivity index (χ0v) is 20.9. The van der Waals surface area contributed by atoms with Crippen LogP contribution in [0.25, 0.3) is 0 Å². The maximum absolute atomic E-state index is 13.8. The SMILES string of the molecule is CCc1ccc(OCC2c3cc(OC)c(OC)cc3CCN2C(=O)c2cccc([N+](=O)[O-])c2C)cc1. The third-order valence-electron chi connectivity index (χ3n) is 6.74. The van der Waals surface area contributed by atoms with Gasteiger partial charge in [0.1, 0.15) is 12.4 Å². The molecule has 3 aromatic rings. The number of rotatable bonds is 8. The Hall–Kier alpha value is -4.07. The van der Waals surface area contributed by atoms with E-state index in [1.165, 1.54) is 11.6 Å². The lowest BCUT2D eigenvalue weighted by atomic mass is 9.91. The van der Waals surface area contributed by atoms with Crippen LogP contribution < -0.4 is 14.2 Å². The number of amides is 1. The Morgan fingerprint density at radius 2 is 1.78 bits per heavy atom. The number of carbonyl (C=O) groups excluding carboxylic acids is 1. The average Bonchev–Trinajstić information content (AvgIpc) is 2.90. The van der Waals surface area contributed by atoms with Crippen molar-refractivity contribution in [2.45, 2.75) is 32.7 Å². The van der Waals surface area contributed by atoms with E-state index in [9.17, 15) is 14.9 Å². The summed E-state index contributed by atoms with van der Waals surface area (Å²) in [7, 11) is 3.16. The highest BCUT2D eigenvalue weighted by Gasteiger charge is 2.34. The Balaban J connectivity index is 1.73. The fraction of sp³-hybridized carbons (Fsp3) is 0.321. The second-order valence-corrected chi connectivity index (χ2v) is 8.69. The molecule has 0 aromatic heterocycles. The van der Waals surface area contributed by atoms with Crippen molar-refractivity contribution < 1.29 is 23.9 Å². The molecule has 4 rings (SSSR count). The van der Waals surface area contributed by atoms with E-state index in [1.54, 1.807) is 38.2 Å². The van der Waals surface area contributed by atoms with E-state index < -0.39 is 11.0 Å². The lowest BCUT2D eigenvalue weighted by Gasteiger charge is -2.38. The number of carbonyl (C=O) groups is 1. The highest BCUT2D eigenvalue weighted by Crippen LogP contribution is 2.39. The molecule has 0 N–H and O–H groups in total. The summed E-state index contributed by atoms with van der Waals surface area (Å²) in [6.07, 6.45) is 1.54. The molecule has 3 aromatic carbocycles. The van der Waals surface area contributed by atoms with Crippen molar-refractivity contribution in [1.82, 2.24) is 4.90 Å². The van der Waals surface area contributed by atoms with Gasteiger partial charge in [0.25, 0.3) is 11.6 Å². The van der Waals surface area contributed by atoms with Gasteiger partial charge in [-0.2, -0.15) is 0 Å². The summed E-state index contributed by atoms with van der Waals surface area (Å²) in [6, 6.07) is 15.9. The van der Waals surface area contributed by atoms with Crippen molar-refractivity contribution >= 4 is 11.6 Å². The Morgan fingerprint density at radius 3 is 2.42 bits per heavy atom. The van der Waals surface area contributed by atoms with Gasteiger partial charge in [-0.15, -0.1) is 0 Å². The number of hydrogen-bond acceptors (Lipinski definition) is 6. The molecule has 1 amide bonds. The number of hydrogen-bond donors (Lipinski definition) is 0. The molecule has 0 bridgehead atoms. The van der Waals surface area contributed by atoms with Gasteiger partial charge >= 0.3 is 0 Å². The summed E-state index contributed by atoms with van der Waals surface area (Å²) >= 11 is 0. The molecule has 1 unspecified atom stereocenters. The number of benzene rings is 3. The summed E-state index contributed by atoms with van der Waals surface area (Å²) in [4.78, 5) is 26.5. The van der Waals surface area contributed by atoms with E-state index in [2.05, 4.69) is 6.92 Å². The number of ether oxygens (including phenoxy) is 3. The number of aryl methyl sites for hydroxylation is 1. The number of nitrogens with zero attached hydrogens (tertiary/aromatic N) is 2. The van der Waals surface area contributed by atoms with E-state index in [-0.39, 0.29) is 18.2 Å². The van der Waals surface area contributed by atoms with Gasteiger partial charge in [-0.05, 0) is 66.8 Å². The van der Waals surface area contributed by atoms with Crippen LogP contribution >= 0.6 is 0 Å². The predicted octanol–water partition coefficient (Wildman–Crippen LogP) is 5.30. The van der Waals surface area contributed by atoms with Crippen LogP contribution in [0.2, 0.25) is 0 Å². The first-order chi connectivity index (χ1) is 17.4. The molecule has 0 saturated heterocycles. The van der Waals surface area contributed by atoms with E-state index in [4.69, 9.17) is 14.2 Å². The first-order valence-electron chi connectivity index (χ1n) is 11.9. The van der Waals surface area contributed by atoms with E-state index in [0.29, 0.717) is 41.3 Å². The molecule has 188 valence electrons. The van der Waals surface area contributed by atoms with Crippen LogP contribution in [0.5, 0.6) is 17.2 Å². The third kappa shape index (κ3) is 4.84. The van der Waals surface area contributed by atoms with Crippen molar-refractivity contribution in [3.8, 4) is 17.2 Å². The Morgan fingerprint density at radius 1 is 1.08 bits per heavy atom. The number of fused-ring (bicyclic) bond motifs is 1. The number of nitro groups is 1. The molecule has 0 spiro atoms. The molecule has 1 atom stereocenters. The molecule has 8 heteroatoms. The lowest BCUT2D eigenvalue weighted by molar-refractivity contribution is -0.385. The summed E-state index contributed by atoms with van der Waals surface area (Å²) in [5.74, 6) is 1.63. The van der Waals surface area contributed by atoms with Gasteiger partial charge in [0.05, 0.1) is 25.2 Å². The van der Waals surface area contributed by atoms with Crippen LogP contribution in [0.4, 0.5) is 5.69 Å². The van der Waals surface area contributed by atoms with Crippen LogP contribution in [0.3, 0.4) is 0 Å². The first-order valence-corrected chi connectivity index (χ1v) is 11.9. The van der Waals surface area contributed by atoms with Gasteiger partial charge in [-0.1, -0.05) is 25.1 Å². The van der Waals surface area contributed by atoms with Crippen molar-refractivity contribution in [3.05, 3.63) is 92.5 Å². The Labute approximate surface area is 210 Å². The standard InChI is InChI=1S/C28H30N2O6/c1-5-19-9-11-21(12-10-19)36-17-25-23-16-27(35-4)26(34-3)15-20(23)13-14-29(25)28(31)22-7-6-8-24(18(22)2)30(32)33/h6-12,15-16,25H,5,13-14,17H2,1-4H3. The fourth-order valence-electron chi connectivity index (χ4n) is 4.66. The molecule has 0 fully saturated rings. The third-order valence-corrected chi connectivity index (χ3v) is 6.74. The maximum Gasteiger partial charge on any atom is 0.273 e. The zero-order valence-electron chi connectivity index (χ0n) is 20.9. The van der Waals surface area contributed by atoms with Crippen LogP contribution in [0, 0.1) is 17.0 Å². The van der Waals surface area contributed by atoms with Crippen LogP contribution in [0.15, 0.2) is 54.6 Å². The Kier molecular flexibility index (Phi) is 7.43. The molecular weight excluding hydrogens is 460 g/mol. The van der Waals surface area contributed by atoms with Crippen molar-refractivity contribution in [1.29, 1.82) is 0 Å². The molecule has 0 saturated carbocycles. The van der Waals surface area contributed by atoms with Gasteiger partial charge < -0.3 is 19.1 Å². The van der Waals surface area contributed by atoms with Gasteiger partial charge in [0.15, 0.2) is 11.5 Å². The highest BCUT2D eigenvalue weighted by atomic mass is 16.6. The number of methoxy groups -OCH3 is 2. The summed E-state index contributed by atoms with van der Waals surface area (Å²) in [5.41, 5.74) is 3.74. The minimum absolute atomic E-state index is 0.0755. The van der Waals surface area contributed by atoms with Gasteiger partial charge in [-0.25, -0.2) is 0 Å². The maximum atomic E-state index is 13.8. The van der Waals surface area contributed by atoms with Crippen LogP contribution in [-0.2, 0) is 12.8 Å². The largest absolute Gasteiger partial charge is 0.493 e. The Bertz CT molecular complexity index is 1270. The minimum Gasteiger partial charge on any atom is -0.493 e. The predicted molar refractivity (Wildman–Crippen MR) is 136 cm³/mol. The monoisotopic (exact) mass is 490 g/mol. The van der Waals surface area contributed by atoms with Crippen molar-refractivity contribution in [3.63, 3.8) is 0 Å². The molecule has 1 aliphatic rings. The smallest absolute Gasteiger partial charge is 0.273 e. The van der Waals surface area contributed by atoms with Crippen molar-refractivity contribution in [2.24, 2.45) is 0 Å².